The highest BCUT2D eigenvalue weighted by Crippen LogP contribution is 2.45. The van der Waals surface area contributed by atoms with E-state index in [1.807, 2.05) is 19.3 Å². The molecule has 4 nitrogen and oxygen atoms in total. The third kappa shape index (κ3) is 1.45. The minimum atomic E-state index is -0.846. The third-order valence-corrected chi connectivity index (χ3v) is 5.91. The van der Waals surface area contributed by atoms with Crippen molar-refractivity contribution in [1.29, 1.82) is 0 Å². The van der Waals surface area contributed by atoms with Crippen LogP contribution in [0.3, 0.4) is 0 Å². The van der Waals surface area contributed by atoms with Crippen molar-refractivity contribution in [3.63, 3.8) is 0 Å². The summed E-state index contributed by atoms with van der Waals surface area (Å²) in [6, 6.07) is 1.87. The fraction of sp³-hybridized carbons (Fsp3) is 0.727. The van der Waals surface area contributed by atoms with E-state index in [-0.39, 0.29) is 10.5 Å². The summed E-state index contributed by atoms with van der Waals surface area (Å²) >= 11 is 0. The molecule has 5 heteroatoms. The van der Waals surface area contributed by atoms with E-state index >= 15 is 0 Å². The summed E-state index contributed by atoms with van der Waals surface area (Å²) in [5.41, 5.74) is -0.107. The fourth-order valence-electron chi connectivity index (χ4n) is 2.95. The van der Waals surface area contributed by atoms with Crippen LogP contribution in [0.25, 0.3) is 0 Å². The van der Waals surface area contributed by atoms with Crippen LogP contribution in [0.1, 0.15) is 31.4 Å². The lowest BCUT2D eigenvalue weighted by Gasteiger charge is -2.34. The zero-order valence-corrected chi connectivity index (χ0v) is 10.1. The van der Waals surface area contributed by atoms with Crippen LogP contribution < -0.4 is 0 Å². The van der Waals surface area contributed by atoms with Crippen LogP contribution in [0.5, 0.6) is 0 Å². The summed E-state index contributed by atoms with van der Waals surface area (Å²) in [5, 5.41) is 15.3. The number of aliphatic hydroxyl groups is 1. The van der Waals surface area contributed by atoms with Gasteiger partial charge < -0.3 is 5.11 Å². The van der Waals surface area contributed by atoms with E-state index in [1.54, 1.807) is 4.68 Å². The van der Waals surface area contributed by atoms with Gasteiger partial charge in [-0.3, -0.25) is 8.89 Å². The van der Waals surface area contributed by atoms with Crippen LogP contribution in [-0.2, 0) is 23.4 Å². The van der Waals surface area contributed by atoms with Crippen LogP contribution in [0.2, 0.25) is 0 Å². The topological polar surface area (TPSA) is 55.1 Å². The Morgan fingerprint density at radius 1 is 1.50 bits per heavy atom. The van der Waals surface area contributed by atoms with Crippen LogP contribution in [0.15, 0.2) is 12.3 Å². The van der Waals surface area contributed by atoms with Gasteiger partial charge in [0.1, 0.15) is 5.60 Å². The Balaban J connectivity index is 1.93. The second-order valence-electron chi connectivity index (χ2n) is 4.96. The molecule has 1 aromatic rings. The van der Waals surface area contributed by atoms with Gasteiger partial charge in [-0.1, -0.05) is 0 Å². The second kappa shape index (κ2) is 3.40. The number of nitrogens with zero attached hydrogens (tertiary/aromatic N) is 2. The first-order chi connectivity index (χ1) is 7.58. The molecule has 2 aliphatic rings. The standard InChI is InChI=1S/C11H16N2O2S/c1-13-5-4-10(12-13)11(14)6-8-2-3-9(7-11)16(8)15/h4-5,8-9,14H,2-3,6-7H2,1H3. The van der Waals surface area contributed by atoms with Crippen molar-refractivity contribution < 1.29 is 9.32 Å². The smallest absolute Gasteiger partial charge is 0.111 e. The first-order valence-corrected chi connectivity index (χ1v) is 6.98. The number of fused-ring (bicyclic) bond motifs is 2. The van der Waals surface area contributed by atoms with Crippen molar-refractivity contribution in [3.8, 4) is 0 Å². The molecule has 2 unspecified atom stereocenters. The van der Waals surface area contributed by atoms with Crippen LogP contribution in [-0.4, -0.2) is 29.6 Å². The summed E-state index contributed by atoms with van der Waals surface area (Å²) in [4.78, 5) is 0. The van der Waals surface area contributed by atoms with Crippen molar-refractivity contribution in [1.82, 2.24) is 9.78 Å². The van der Waals surface area contributed by atoms with E-state index < -0.39 is 16.4 Å². The molecule has 2 atom stereocenters. The molecule has 0 aliphatic carbocycles. The molecule has 3 rings (SSSR count). The molecule has 0 amide bonds. The lowest BCUT2D eigenvalue weighted by atomic mass is 9.90. The van der Waals surface area contributed by atoms with Gasteiger partial charge in [0.15, 0.2) is 0 Å². The van der Waals surface area contributed by atoms with Crippen molar-refractivity contribution in [3.05, 3.63) is 18.0 Å². The van der Waals surface area contributed by atoms with Gasteiger partial charge in [0, 0.05) is 34.5 Å². The SMILES string of the molecule is Cn1ccc(C2(O)CC3CCC(C2)S3=O)n1. The number of aromatic nitrogens is 2. The van der Waals surface area contributed by atoms with E-state index in [4.69, 9.17) is 0 Å². The molecule has 0 aromatic carbocycles. The molecule has 16 heavy (non-hydrogen) atoms. The molecule has 2 fully saturated rings. The van der Waals surface area contributed by atoms with Gasteiger partial charge in [-0.25, -0.2) is 0 Å². The number of aryl methyl sites for hydroxylation is 1. The number of rotatable bonds is 1. The van der Waals surface area contributed by atoms with Gasteiger partial charge in [0.05, 0.1) is 5.69 Å². The molecule has 1 N–H and O–H groups in total. The minimum Gasteiger partial charge on any atom is -0.383 e. The largest absolute Gasteiger partial charge is 0.383 e. The average Bonchev–Trinajstić information content (AvgIpc) is 2.73. The Hall–Kier alpha value is -0.680. The quantitative estimate of drug-likeness (QED) is 0.785. The maximum absolute atomic E-state index is 11.9. The Labute approximate surface area is 97.1 Å². The van der Waals surface area contributed by atoms with Crippen LogP contribution in [0, 0.1) is 0 Å². The molecule has 1 aromatic heterocycles. The molecule has 88 valence electrons. The van der Waals surface area contributed by atoms with E-state index in [0.717, 1.165) is 18.5 Å². The van der Waals surface area contributed by atoms with E-state index in [9.17, 15) is 9.32 Å². The molecule has 2 saturated heterocycles. The van der Waals surface area contributed by atoms with Crippen LogP contribution in [0.4, 0.5) is 0 Å². The normalized spacial score (nSPS) is 42.5. The Morgan fingerprint density at radius 2 is 2.12 bits per heavy atom. The molecule has 0 saturated carbocycles. The fourth-order valence-corrected chi connectivity index (χ4v) is 5.11. The zero-order chi connectivity index (χ0) is 11.3. The summed E-state index contributed by atoms with van der Waals surface area (Å²) in [7, 11) is 1.12. The third-order valence-electron chi connectivity index (χ3n) is 3.79. The predicted molar refractivity (Wildman–Crippen MR) is 61.3 cm³/mol. The van der Waals surface area contributed by atoms with Gasteiger partial charge in [-0.15, -0.1) is 0 Å². The lowest BCUT2D eigenvalue weighted by Crippen LogP contribution is -2.40. The molecule has 0 radical (unpaired) electrons. The van der Waals surface area contributed by atoms with Crippen molar-refractivity contribution >= 4 is 10.8 Å². The molecular weight excluding hydrogens is 224 g/mol. The molecule has 2 bridgehead atoms. The summed E-state index contributed by atoms with van der Waals surface area (Å²) < 4.78 is 13.6. The summed E-state index contributed by atoms with van der Waals surface area (Å²) in [6.07, 6.45) is 5.04. The van der Waals surface area contributed by atoms with Gasteiger partial charge in [-0.05, 0) is 31.7 Å². The second-order valence-corrected chi connectivity index (χ2v) is 6.95. The van der Waals surface area contributed by atoms with Gasteiger partial charge in [-0.2, -0.15) is 5.10 Å². The van der Waals surface area contributed by atoms with Gasteiger partial charge in [0.2, 0.25) is 0 Å². The highest BCUT2D eigenvalue weighted by molar-refractivity contribution is 7.86. The zero-order valence-electron chi connectivity index (χ0n) is 9.30. The first-order valence-electron chi connectivity index (χ1n) is 5.70. The average molecular weight is 240 g/mol. The summed E-state index contributed by atoms with van der Waals surface area (Å²) in [5.74, 6) is 0. The minimum absolute atomic E-state index is 0.172. The van der Waals surface area contributed by atoms with Crippen molar-refractivity contribution in [2.45, 2.75) is 41.8 Å². The molecule has 0 spiro atoms. The highest BCUT2D eigenvalue weighted by Gasteiger charge is 2.49. The predicted octanol–water partition coefficient (Wildman–Crippen LogP) is 0.681. The Bertz CT molecular complexity index is 427. The molecular formula is C11H16N2O2S. The molecule has 2 aliphatic heterocycles. The highest BCUT2D eigenvalue weighted by atomic mass is 32.2. The maximum atomic E-state index is 11.9. The molecule has 3 heterocycles. The van der Waals surface area contributed by atoms with Crippen LogP contribution >= 0.6 is 0 Å². The maximum Gasteiger partial charge on any atom is 0.111 e. The van der Waals surface area contributed by atoms with Crippen molar-refractivity contribution in [2.75, 3.05) is 0 Å². The Morgan fingerprint density at radius 3 is 2.62 bits per heavy atom. The lowest BCUT2D eigenvalue weighted by molar-refractivity contribution is 0.0137. The van der Waals surface area contributed by atoms with Gasteiger partial charge in [0.25, 0.3) is 0 Å². The monoisotopic (exact) mass is 240 g/mol. The number of hydrogen-bond donors (Lipinski definition) is 1. The van der Waals surface area contributed by atoms with E-state index in [2.05, 4.69) is 5.10 Å². The Kier molecular flexibility index (Phi) is 2.23. The van der Waals surface area contributed by atoms with Gasteiger partial charge >= 0.3 is 0 Å². The number of hydrogen-bond acceptors (Lipinski definition) is 3. The first kappa shape index (κ1) is 10.5. The van der Waals surface area contributed by atoms with Crippen molar-refractivity contribution in [2.24, 2.45) is 7.05 Å². The van der Waals surface area contributed by atoms with E-state index in [1.165, 1.54) is 0 Å². The summed E-state index contributed by atoms with van der Waals surface area (Å²) in [6.45, 7) is 0. The van der Waals surface area contributed by atoms with E-state index in [0.29, 0.717) is 12.8 Å².